The number of halogens is 4. The third-order valence-electron chi connectivity index (χ3n) is 5.71. The summed E-state index contributed by atoms with van der Waals surface area (Å²) >= 11 is 6.02. The van der Waals surface area contributed by atoms with E-state index in [0.29, 0.717) is 22.6 Å². The summed E-state index contributed by atoms with van der Waals surface area (Å²) < 4.78 is 51.1. The molecule has 0 aromatic heterocycles. The molecule has 0 aliphatic carbocycles. The number of benzene rings is 3. The SMILES string of the molecule is CCOc1cc(/C=C2/C(=O)NC(=O)N(c3cc(C(F)(F)F)ccc3Cl)C2=O)ccc1OCc1cccc([N+](=O)[O-])c1. The van der Waals surface area contributed by atoms with Gasteiger partial charge in [0.25, 0.3) is 17.5 Å². The average Bonchev–Trinajstić information content (AvgIpc) is 2.91. The lowest BCUT2D eigenvalue weighted by molar-refractivity contribution is -0.384. The molecule has 4 amide bonds. The molecule has 0 unspecified atom stereocenters. The number of anilines is 1. The normalized spacial score (nSPS) is 14.7. The molecule has 0 bridgehead atoms. The van der Waals surface area contributed by atoms with Crippen molar-refractivity contribution in [3.05, 3.63) is 98.1 Å². The Bertz CT molecular complexity index is 1590. The van der Waals surface area contributed by atoms with Crippen LogP contribution in [0.15, 0.2) is 66.2 Å². The Hall–Kier alpha value is -4.91. The van der Waals surface area contributed by atoms with Crippen LogP contribution in [0.2, 0.25) is 5.02 Å². The van der Waals surface area contributed by atoms with Crippen LogP contribution in [0.4, 0.5) is 29.3 Å². The largest absolute Gasteiger partial charge is 0.490 e. The Balaban J connectivity index is 1.64. The van der Waals surface area contributed by atoms with E-state index in [4.69, 9.17) is 21.1 Å². The number of nitrogens with one attached hydrogen (secondary N) is 1. The number of nitrogens with zero attached hydrogens (tertiary/aromatic N) is 2. The summed E-state index contributed by atoms with van der Waals surface area (Å²) in [5.41, 5.74) is -1.57. The lowest BCUT2D eigenvalue weighted by Crippen LogP contribution is -2.54. The predicted molar refractivity (Wildman–Crippen MR) is 140 cm³/mol. The fourth-order valence-corrected chi connectivity index (χ4v) is 4.03. The highest BCUT2D eigenvalue weighted by Crippen LogP contribution is 2.37. The second-order valence-electron chi connectivity index (χ2n) is 8.48. The van der Waals surface area contributed by atoms with Crippen LogP contribution in [-0.2, 0) is 22.4 Å². The number of hydrogen-bond acceptors (Lipinski definition) is 7. The maximum atomic E-state index is 13.3. The van der Waals surface area contributed by atoms with Gasteiger partial charge < -0.3 is 9.47 Å². The first-order chi connectivity index (χ1) is 19.4. The zero-order chi connectivity index (χ0) is 29.9. The third kappa shape index (κ3) is 6.47. The van der Waals surface area contributed by atoms with E-state index in [9.17, 15) is 37.7 Å². The van der Waals surface area contributed by atoms with Crippen LogP contribution in [0.5, 0.6) is 11.5 Å². The topological polar surface area (TPSA) is 128 Å². The highest BCUT2D eigenvalue weighted by molar-refractivity contribution is 6.42. The van der Waals surface area contributed by atoms with Crippen molar-refractivity contribution in [2.75, 3.05) is 11.5 Å². The van der Waals surface area contributed by atoms with Gasteiger partial charge in [0.05, 0.1) is 27.8 Å². The molecule has 1 fully saturated rings. The van der Waals surface area contributed by atoms with Crippen LogP contribution in [0.3, 0.4) is 0 Å². The first-order valence-corrected chi connectivity index (χ1v) is 12.2. The standard InChI is InChI=1S/C27H19ClF3N3O7/c1-2-40-23-12-15(6-9-22(23)41-14-16-4-3-5-18(10-16)34(38)39)11-19-24(35)32-26(37)33(25(19)36)21-13-17(27(29,30)31)7-8-20(21)28/h3-13H,2,14H2,1H3,(H,32,35,37)/b19-11-. The molecule has 1 aliphatic rings. The van der Waals surface area contributed by atoms with Crippen LogP contribution < -0.4 is 19.7 Å². The molecule has 3 aromatic carbocycles. The summed E-state index contributed by atoms with van der Waals surface area (Å²) in [7, 11) is 0. The summed E-state index contributed by atoms with van der Waals surface area (Å²) in [6, 6.07) is 11.1. The molecule has 1 aliphatic heterocycles. The van der Waals surface area contributed by atoms with Gasteiger partial charge in [0.2, 0.25) is 0 Å². The van der Waals surface area contributed by atoms with Gasteiger partial charge in [-0.3, -0.25) is 25.0 Å². The van der Waals surface area contributed by atoms with Gasteiger partial charge in [-0.1, -0.05) is 29.8 Å². The molecule has 41 heavy (non-hydrogen) atoms. The summed E-state index contributed by atoms with van der Waals surface area (Å²) in [6.45, 7) is 1.89. The Kier molecular flexibility index (Phi) is 8.28. The number of non-ortho nitro benzene ring substituents is 1. The number of carbonyl (C=O) groups excluding carboxylic acids is 3. The van der Waals surface area contributed by atoms with Crippen molar-refractivity contribution in [1.29, 1.82) is 0 Å². The minimum atomic E-state index is -4.78. The van der Waals surface area contributed by atoms with Crippen LogP contribution in [0.25, 0.3) is 6.08 Å². The fourth-order valence-electron chi connectivity index (χ4n) is 3.83. The van der Waals surface area contributed by atoms with Crippen molar-refractivity contribution in [1.82, 2.24) is 5.32 Å². The Morgan fingerprint density at radius 3 is 2.46 bits per heavy atom. The molecule has 0 saturated carbocycles. The van der Waals surface area contributed by atoms with Crippen LogP contribution in [0, 0.1) is 10.1 Å². The van der Waals surface area contributed by atoms with Gasteiger partial charge in [0.1, 0.15) is 12.2 Å². The Morgan fingerprint density at radius 2 is 1.78 bits per heavy atom. The van der Waals surface area contributed by atoms with Gasteiger partial charge in [-0.05, 0) is 54.5 Å². The van der Waals surface area contributed by atoms with E-state index in [1.165, 1.54) is 36.4 Å². The lowest BCUT2D eigenvalue weighted by atomic mass is 10.1. The number of nitro benzene ring substituents is 1. The van der Waals surface area contributed by atoms with Gasteiger partial charge in [0.15, 0.2) is 11.5 Å². The van der Waals surface area contributed by atoms with Gasteiger partial charge >= 0.3 is 12.2 Å². The summed E-state index contributed by atoms with van der Waals surface area (Å²) in [4.78, 5) is 49.1. The molecule has 1 heterocycles. The minimum absolute atomic E-state index is 0.0299. The summed E-state index contributed by atoms with van der Waals surface area (Å²) in [6.07, 6.45) is -3.65. The number of urea groups is 1. The number of hydrogen-bond donors (Lipinski definition) is 1. The molecule has 3 aromatic rings. The molecule has 1 N–H and O–H groups in total. The summed E-state index contributed by atoms with van der Waals surface area (Å²) in [5, 5.41) is 12.6. The van der Waals surface area contributed by atoms with Crippen molar-refractivity contribution in [2.45, 2.75) is 19.7 Å². The molecule has 212 valence electrons. The van der Waals surface area contributed by atoms with E-state index in [0.717, 1.165) is 12.1 Å². The van der Waals surface area contributed by atoms with Crippen molar-refractivity contribution < 1.29 is 42.0 Å². The van der Waals surface area contributed by atoms with Gasteiger partial charge in [0, 0.05) is 12.1 Å². The smallest absolute Gasteiger partial charge is 0.416 e. The van der Waals surface area contributed by atoms with Gasteiger partial charge in [-0.2, -0.15) is 13.2 Å². The first-order valence-electron chi connectivity index (χ1n) is 11.8. The minimum Gasteiger partial charge on any atom is -0.490 e. The molecule has 0 radical (unpaired) electrons. The molecule has 4 rings (SSSR count). The van der Waals surface area contributed by atoms with E-state index < -0.39 is 45.8 Å². The lowest BCUT2D eigenvalue weighted by Gasteiger charge is -2.27. The number of carbonyl (C=O) groups is 3. The van der Waals surface area contributed by atoms with Crippen molar-refractivity contribution in [2.24, 2.45) is 0 Å². The zero-order valence-electron chi connectivity index (χ0n) is 21.0. The number of barbiturate groups is 1. The summed E-state index contributed by atoms with van der Waals surface area (Å²) in [5.74, 6) is -1.79. The molecule has 14 heteroatoms. The van der Waals surface area contributed by atoms with Gasteiger partial charge in [-0.15, -0.1) is 0 Å². The van der Waals surface area contributed by atoms with Crippen molar-refractivity contribution in [3.63, 3.8) is 0 Å². The number of ether oxygens (including phenoxy) is 2. The van der Waals surface area contributed by atoms with Crippen LogP contribution >= 0.6 is 11.6 Å². The molecular formula is C27H19ClF3N3O7. The van der Waals surface area contributed by atoms with E-state index in [-0.39, 0.29) is 41.0 Å². The Labute approximate surface area is 235 Å². The molecule has 0 atom stereocenters. The average molecular weight is 590 g/mol. The van der Waals surface area contributed by atoms with Crippen molar-refractivity contribution >= 4 is 46.9 Å². The number of nitro groups is 1. The highest BCUT2D eigenvalue weighted by atomic mass is 35.5. The number of imide groups is 2. The third-order valence-corrected chi connectivity index (χ3v) is 6.03. The number of rotatable bonds is 8. The van der Waals surface area contributed by atoms with Crippen molar-refractivity contribution in [3.8, 4) is 11.5 Å². The quantitative estimate of drug-likeness (QED) is 0.150. The first kappa shape index (κ1) is 29.1. The fraction of sp³-hybridized carbons (Fsp3) is 0.148. The molecule has 10 nitrogen and oxygen atoms in total. The maximum Gasteiger partial charge on any atom is 0.416 e. The molecule has 0 spiro atoms. The Morgan fingerprint density at radius 1 is 1.02 bits per heavy atom. The molecule has 1 saturated heterocycles. The second-order valence-corrected chi connectivity index (χ2v) is 8.88. The zero-order valence-corrected chi connectivity index (χ0v) is 21.8. The van der Waals surface area contributed by atoms with E-state index >= 15 is 0 Å². The number of amides is 4. The monoisotopic (exact) mass is 589 g/mol. The van der Waals surface area contributed by atoms with Crippen LogP contribution in [0.1, 0.15) is 23.6 Å². The van der Waals surface area contributed by atoms with Gasteiger partial charge in [-0.25, -0.2) is 9.69 Å². The molecular weight excluding hydrogens is 571 g/mol. The van der Waals surface area contributed by atoms with E-state index in [1.54, 1.807) is 13.0 Å². The van der Waals surface area contributed by atoms with E-state index in [2.05, 4.69) is 0 Å². The second kappa shape index (κ2) is 11.7. The van der Waals surface area contributed by atoms with Crippen LogP contribution in [-0.4, -0.2) is 29.4 Å². The predicted octanol–water partition coefficient (Wildman–Crippen LogP) is 5.91. The maximum absolute atomic E-state index is 13.3. The highest BCUT2D eigenvalue weighted by Gasteiger charge is 2.39. The van der Waals surface area contributed by atoms with E-state index in [1.807, 2.05) is 5.32 Å². The number of alkyl halides is 3.